The molecule has 102 valence electrons. The van der Waals surface area contributed by atoms with Crippen LogP contribution in [-0.4, -0.2) is 22.7 Å². The van der Waals surface area contributed by atoms with E-state index >= 15 is 0 Å². The molecule has 19 heavy (non-hydrogen) atoms. The molecule has 0 aliphatic carbocycles. The van der Waals surface area contributed by atoms with Crippen molar-refractivity contribution in [1.29, 1.82) is 0 Å². The zero-order valence-electron chi connectivity index (χ0n) is 11.6. The molecule has 4 heteroatoms. The molecule has 1 aromatic heterocycles. The van der Waals surface area contributed by atoms with Crippen molar-refractivity contribution in [3.05, 3.63) is 29.6 Å². The Kier molecular flexibility index (Phi) is 3.40. The van der Waals surface area contributed by atoms with E-state index in [1.165, 1.54) is 30.3 Å². The highest BCUT2D eigenvalue weighted by Crippen LogP contribution is 2.27. The van der Waals surface area contributed by atoms with Crippen molar-refractivity contribution in [2.24, 2.45) is 0 Å². The van der Waals surface area contributed by atoms with Gasteiger partial charge in [0, 0.05) is 13.1 Å². The summed E-state index contributed by atoms with van der Waals surface area (Å²) >= 11 is 6.34. The molecule has 1 fully saturated rings. The number of alkyl halides is 1. The first kappa shape index (κ1) is 12.8. The smallest absolute Gasteiger partial charge is 0.146 e. The second-order valence-electron chi connectivity index (χ2n) is 5.35. The molecule has 0 saturated carbocycles. The maximum Gasteiger partial charge on any atom is 0.146 e. The normalized spacial score (nSPS) is 17.9. The van der Waals surface area contributed by atoms with E-state index in [1.54, 1.807) is 0 Å². The maximum atomic E-state index is 6.34. The quantitative estimate of drug-likeness (QED) is 0.779. The van der Waals surface area contributed by atoms with E-state index in [4.69, 9.17) is 16.6 Å². The lowest BCUT2D eigenvalue weighted by atomic mass is 10.1. The largest absolute Gasteiger partial charge is 0.311 e. The van der Waals surface area contributed by atoms with E-state index < -0.39 is 0 Å². The van der Waals surface area contributed by atoms with Crippen LogP contribution in [0.3, 0.4) is 0 Å². The minimum absolute atomic E-state index is 0.0753. The molecule has 0 N–H and O–H groups in total. The number of hydrogen-bond donors (Lipinski definition) is 0. The maximum absolute atomic E-state index is 6.34. The van der Waals surface area contributed by atoms with Crippen molar-refractivity contribution in [1.82, 2.24) is 9.66 Å². The van der Waals surface area contributed by atoms with Crippen molar-refractivity contribution in [3.63, 3.8) is 0 Å². The molecule has 1 atom stereocenters. The second-order valence-corrected chi connectivity index (χ2v) is 6.01. The first-order valence-electron chi connectivity index (χ1n) is 7.06. The predicted molar refractivity (Wildman–Crippen MR) is 80.5 cm³/mol. The number of piperidine rings is 1. The molecule has 1 saturated heterocycles. The predicted octanol–water partition coefficient (Wildman–Crippen LogP) is 3.77. The molecular formula is C15H20ClN3. The van der Waals surface area contributed by atoms with Crippen LogP contribution in [0.5, 0.6) is 0 Å². The number of fused-ring (bicyclic) bond motifs is 1. The zero-order valence-corrected chi connectivity index (χ0v) is 12.3. The molecule has 1 aliphatic heterocycles. The van der Waals surface area contributed by atoms with Crippen LogP contribution in [0.1, 0.15) is 43.0 Å². The molecule has 0 radical (unpaired) electrons. The number of rotatable bonds is 2. The van der Waals surface area contributed by atoms with Gasteiger partial charge in [-0.1, -0.05) is 12.1 Å². The lowest BCUT2D eigenvalue weighted by Gasteiger charge is -2.32. The van der Waals surface area contributed by atoms with E-state index in [-0.39, 0.29) is 5.38 Å². The van der Waals surface area contributed by atoms with Gasteiger partial charge in [0.05, 0.1) is 16.4 Å². The van der Waals surface area contributed by atoms with Crippen molar-refractivity contribution < 1.29 is 0 Å². The Hall–Kier alpha value is -1.22. The molecule has 1 aromatic carbocycles. The number of aromatic nitrogens is 2. The SMILES string of the molecule is Cc1cccc2nc(C(C)Cl)n(N3CCCCC3)c12. The summed E-state index contributed by atoms with van der Waals surface area (Å²) in [7, 11) is 0. The summed E-state index contributed by atoms with van der Waals surface area (Å²) in [5, 5.41) is 2.33. The summed E-state index contributed by atoms with van der Waals surface area (Å²) in [5.74, 6) is 0.966. The number of aryl methyl sites for hydroxylation is 1. The van der Waals surface area contributed by atoms with Crippen LogP contribution in [0.2, 0.25) is 0 Å². The monoisotopic (exact) mass is 277 g/mol. The number of hydrogen-bond acceptors (Lipinski definition) is 2. The molecule has 0 spiro atoms. The average Bonchev–Trinajstić information content (AvgIpc) is 2.81. The lowest BCUT2D eigenvalue weighted by molar-refractivity contribution is 0.475. The van der Waals surface area contributed by atoms with Gasteiger partial charge < -0.3 is 5.01 Å². The van der Waals surface area contributed by atoms with Crippen LogP contribution >= 0.6 is 11.6 Å². The average molecular weight is 278 g/mol. The Morgan fingerprint density at radius 3 is 2.63 bits per heavy atom. The van der Waals surface area contributed by atoms with Gasteiger partial charge >= 0.3 is 0 Å². The third-order valence-electron chi connectivity index (χ3n) is 3.85. The van der Waals surface area contributed by atoms with E-state index in [0.29, 0.717) is 0 Å². The standard InChI is InChI=1S/C15H20ClN3/c1-11-7-6-8-13-14(11)19(15(17-13)12(2)16)18-9-4-3-5-10-18/h6-8,12H,3-5,9-10H2,1-2H3. The Balaban J connectivity index is 2.20. The number of nitrogens with zero attached hydrogens (tertiary/aromatic N) is 3. The highest BCUT2D eigenvalue weighted by Gasteiger charge is 2.21. The number of imidazole rings is 1. The summed E-state index contributed by atoms with van der Waals surface area (Å²) in [6.07, 6.45) is 3.83. The first-order chi connectivity index (χ1) is 9.18. The van der Waals surface area contributed by atoms with Gasteiger partial charge in [0.2, 0.25) is 0 Å². The number of halogens is 1. The molecular weight excluding hydrogens is 258 g/mol. The molecule has 0 bridgehead atoms. The fourth-order valence-corrected chi connectivity index (χ4v) is 3.06. The summed E-state index contributed by atoms with van der Waals surface area (Å²) < 4.78 is 2.27. The van der Waals surface area contributed by atoms with Gasteiger partial charge in [-0.3, -0.25) is 0 Å². The highest BCUT2D eigenvalue weighted by molar-refractivity contribution is 6.20. The second kappa shape index (κ2) is 5.04. The van der Waals surface area contributed by atoms with Crippen molar-refractivity contribution in [2.45, 2.75) is 38.5 Å². The van der Waals surface area contributed by atoms with E-state index in [0.717, 1.165) is 24.4 Å². The number of para-hydroxylation sites is 1. The van der Waals surface area contributed by atoms with Crippen LogP contribution in [0.4, 0.5) is 0 Å². The fourth-order valence-electron chi connectivity index (χ4n) is 2.92. The topological polar surface area (TPSA) is 21.1 Å². The van der Waals surface area contributed by atoms with Crippen LogP contribution in [-0.2, 0) is 0 Å². The Labute approximate surface area is 119 Å². The minimum Gasteiger partial charge on any atom is -0.311 e. The van der Waals surface area contributed by atoms with Crippen LogP contribution in [0.15, 0.2) is 18.2 Å². The van der Waals surface area contributed by atoms with E-state index in [9.17, 15) is 0 Å². The summed E-state index contributed by atoms with van der Waals surface area (Å²) in [4.78, 5) is 4.74. The van der Waals surface area contributed by atoms with Crippen molar-refractivity contribution >= 4 is 22.6 Å². The molecule has 0 amide bonds. The number of benzene rings is 1. The molecule has 1 aliphatic rings. The third kappa shape index (κ3) is 2.20. The molecule has 1 unspecified atom stereocenters. The molecule has 3 nitrogen and oxygen atoms in total. The molecule has 2 heterocycles. The van der Waals surface area contributed by atoms with Crippen LogP contribution in [0, 0.1) is 6.92 Å². The summed E-state index contributed by atoms with van der Waals surface area (Å²) in [6, 6.07) is 6.28. The lowest BCUT2D eigenvalue weighted by Crippen LogP contribution is -2.40. The van der Waals surface area contributed by atoms with Gasteiger partial charge in [0.1, 0.15) is 5.82 Å². The molecule has 3 rings (SSSR count). The Morgan fingerprint density at radius 2 is 1.95 bits per heavy atom. The zero-order chi connectivity index (χ0) is 13.4. The third-order valence-corrected chi connectivity index (χ3v) is 4.05. The highest BCUT2D eigenvalue weighted by atomic mass is 35.5. The van der Waals surface area contributed by atoms with Crippen molar-refractivity contribution in [3.8, 4) is 0 Å². The van der Waals surface area contributed by atoms with Gasteiger partial charge in [-0.15, -0.1) is 11.6 Å². The van der Waals surface area contributed by atoms with Gasteiger partial charge in [-0.25, -0.2) is 9.66 Å². The Morgan fingerprint density at radius 1 is 1.21 bits per heavy atom. The fraction of sp³-hybridized carbons (Fsp3) is 0.533. The minimum atomic E-state index is -0.0753. The van der Waals surface area contributed by atoms with E-state index in [1.807, 2.05) is 6.92 Å². The summed E-state index contributed by atoms with van der Waals surface area (Å²) in [6.45, 7) is 6.33. The van der Waals surface area contributed by atoms with Gasteiger partial charge in [0.15, 0.2) is 0 Å². The van der Waals surface area contributed by atoms with Gasteiger partial charge in [-0.2, -0.15) is 0 Å². The van der Waals surface area contributed by atoms with Crippen molar-refractivity contribution in [2.75, 3.05) is 18.1 Å². The Bertz CT molecular complexity index is 582. The first-order valence-corrected chi connectivity index (χ1v) is 7.49. The van der Waals surface area contributed by atoms with Crippen LogP contribution < -0.4 is 5.01 Å². The summed E-state index contributed by atoms with van der Waals surface area (Å²) in [5.41, 5.74) is 3.53. The van der Waals surface area contributed by atoms with E-state index in [2.05, 4.69) is 34.8 Å². The molecule has 2 aromatic rings. The van der Waals surface area contributed by atoms with Gasteiger partial charge in [-0.05, 0) is 44.7 Å². The van der Waals surface area contributed by atoms with Gasteiger partial charge in [0.25, 0.3) is 0 Å². The van der Waals surface area contributed by atoms with Crippen LogP contribution in [0.25, 0.3) is 11.0 Å².